The molecule has 2 atom stereocenters. The third-order valence-corrected chi connectivity index (χ3v) is 2.53. The molecule has 2 N–H and O–H groups in total. The molecule has 1 aliphatic rings. The van der Waals surface area contributed by atoms with Crippen LogP contribution in [0.4, 0.5) is 0 Å². The van der Waals surface area contributed by atoms with E-state index in [9.17, 15) is 4.79 Å². The van der Waals surface area contributed by atoms with Crippen molar-refractivity contribution in [1.29, 1.82) is 0 Å². The lowest BCUT2D eigenvalue weighted by Gasteiger charge is -2.14. The average Bonchev–Trinajstić information content (AvgIpc) is 2.56. The Labute approximate surface area is 85.2 Å². The second-order valence-corrected chi connectivity index (χ2v) is 3.95. The number of amides is 1. The minimum absolute atomic E-state index is 0.0814. The van der Waals surface area contributed by atoms with Crippen molar-refractivity contribution >= 4 is 5.91 Å². The molecule has 3 heteroatoms. The van der Waals surface area contributed by atoms with Crippen molar-refractivity contribution in [3.05, 3.63) is 12.2 Å². The number of rotatable bonds is 5. The molecule has 0 bridgehead atoms. The van der Waals surface area contributed by atoms with Gasteiger partial charge in [-0.3, -0.25) is 4.79 Å². The number of nitrogens with one attached hydrogen (secondary N) is 1. The quantitative estimate of drug-likeness (QED) is 0.651. The molecular formula is C11H19NO2. The summed E-state index contributed by atoms with van der Waals surface area (Å²) >= 11 is 0. The van der Waals surface area contributed by atoms with Crippen LogP contribution in [0.5, 0.6) is 0 Å². The maximum absolute atomic E-state index is 11.5. The van der Waals surface area contributed by atoms with E-state index in [2.05, 4.69) is 17.5 Å². The van der Waals surface area contributed by atoms with Gasteiger partial charge in [0.05, 0.1) is 0 Å². The van der Waals surface area contributed by atoms with E-state index in [4.69, 9.17) is 5.11 Å². The van der Waals surface area contributed by atoms with E-state index in [1.165, 1.54) is 0 Å². The van der Waals surface area contributed by atoms with Crippen LogP contribution in [0.2, 0.25) is 0 Å². The highest BCUT2D eigenvalue weighted by Crippen LogP contribution is 2.19. The Balaban J connectivity index is 2.17. The zero-order chi connectivity index (χ0) is 10.4. The molecule has 14 heavy (non-hydrogen) atoms. The van der Waals surface area contributed by atoms with Crippen molar-refractivity contribution in [2.24, 2.45) is 5.92 Å². The number of carbonyl (C=O) groups is 1. The molecule has 0 aliphatic heterocycles. The summed E-state index contributed by atoms with van der Waals surface area (Å²) in [6.07, 6.45) is 7.68. The lowest BCUT2D eigenvalue weighted by Crippen LogP contribution is -2.33. The zero-order valence-electron chi connectivity index (χ0n) is 8.70. The summed E-state index contributed by atoms with van der Waals surface area (Å²) < 4.78 is 0. The van der Waals surface area contributed by atoms with Crippen molar-refractivity contribution < 1.29 is 9.90 Å². The van der Waals surface area contributed by atoms with Crippen LogP contribution in [0, 0.1) is 5.92 Å². The molecule has 0 saturated carbocycles. The predicted octanol–water partition coefficient (Wildman–Crippen LogP) is 1.23. The molecule has 1 amide bonds. The third kappa shape index (κ3) is 3.92. The van der Waals surface area contributed by atoms with Crippen molar-refractivity contribution in [2.45, 2.75) is 38.6 Å². The predicted molar refractivity (Wildman–Crippen MR) is 55.8 cm³/mol. The van der Waals surface area contributed by atoms with Gasteiger partial charge >= 0.3 is 0 Å². The Morgan fingerprint density at radius 3 is 3.07 bits per heavy atom. The zero-order valence-corrected chi connectivity index (χ0v) is 8.70. The average molecular weight is 197 g/mol. The summed E-state index contributed by atoms with van der Waals surface area (Å²) in [6.45, 7) is 2.05. The molecule has 0 fully saturated rings. The highest BCUT2D eigenvalue weighted by molar-refractivity contribution is 5.76. The molecular weight excluding hydrogens is 178 g/mol. The Morgan fingerprint density at radius 2 is 2.50 bits per heavy atom. The number of carbonyl (C=O) groups excluding carboxylic acids is 1. The molecule has 3 nitrogen and oxygen atoms in total. The van der Waals surface area contributed by atoms with E-state index < -0.39 is 0 Å². The lowest BCUT2D eigenvalue weighted by molar-refractivity contribution is -0.122. The smallest absolute Gasteiger partial charge is 0.220 e. The fraction of sp³-hybridized carbons (Fsp3) is 0.727. The molecule has 1 rings (SSSR count). The second-order valence-electron chi connectivity index (χ2n) is 3.95. The molecule has 2 unspecified atom stereocenters. The summed E-state index contributed by atoms with van der Waals surface area (Å²) in [6, 6.07) is 0.0814. The third-order valence-electron chi connectivity index (χ3n) is 2.53. The highest BCUT2D eigenvalue weighted by atomic mass is 16.3. The van der Waals surface area contributed by atoms with Gasteiger partial charge in [-0.1, -0.05) is 12.2 Å². The molecule has 0 aromatic rings. The maximum atomic E-state index is 11.5. The number of hydrogen-bond donors (Lipinski definition) is 2. The molecule has 1 aliphatic carbocycles. The van der Waals surface area contributed by atoms with Crippen LogP contribution in [-0.4, -0.2) is 23.7 Å². The van der Waals surface area contributed by atoms with Gasteiger partial charge in [-0.05, 0) is 32.1 Å². The second kappa shape index (κ2) is 5.81. The number of allylic oxidation sites excluding steroid dienone is 2. The normalized spacial score (nSPS) is 22.3. The van der Waals surface area contributed by atoms with Crippen LogP contribution in [0.15, 0.2) is 12.2 Å². The van der Waals surface area contributed by atoms with Gasteiger partial charge in [-0.25, -0.2) is 0 Å². The van der Waals surface area contributed by atoms with Crippen LogP contribution >= 0.6 is 0 Å². The Bertz CT molecular complexity index is 213. The molecule has 0 radical (unpaired) electrons. The van der Waals surface area contributed by atoms with Crippen molar-refractivity contribution in [1.82, 2.24) is 5.32 Å². The standard InChI is InChI=1S/C11H19NO2/c1-9(6-7-13)12-11(14)8-10-4-2-3-5-10/h2,4,9-10,13H,3,5-8H2,1H3,(H,12,14). The van der Waals surface area contributed by atoms with Gasteiger partial charge in [0.1, 0.15) is 0 Å². The Hall–Kier alpha value is -0.830. The first-order chi connectivity index (χ1) is 6.72. The Morgan fingerprint density at radius 1 is 1.71 bits per heavy atom. The van der Waals surface area contributed by atoms with Gasteiger partial charge in [-0.2, -0.15) is 0 Å². The topological polar surface area (TPSA) is 49.3 Å². The van der Waals surface area contributed by atoms with Gasteiger partial charge in [0.2, 0.25) is 5.91 Å². The SMILES string of the molecule is CC(CCO)NC(=O)CC1C=CCC1. The first-order valence-electron chi connectivity index (χ1n) is 5.29. The van der Waals surface area contributed by atoms with Gasteiger partial charge in [0.15, 0.2) is 0 Å². The molecule has 0 heterocycles. The minimum Gasteiger partial charge on any atom is -0.396 e. The van der Waals surface area contributed by atoms with Crippen molar-refractivity contribution in [2.75, 3.05) is 6.61 Å². The van der Waals surface area contributed by atoms with Crippen LogP contribution in [0.25, 0.3) is 0 Å². The first-order valence-corrected chi connectivity index (χ1v) is 5.29. The monoisotopic (exact) mass is 197 g/mol. The van der Waals surface area contributed by atoms with Crippen LogP contribution in [-0.2, 0) is 4.79 Å². The van der Waals surface area contributed by atoms with E-state index in [1.54, 1.807) is 0 Å². The molecule has 0 aromatic heterocycles. The largest absolute Gasteiger partial charge is 0.396 e. The summed E-state index contributed by atoms with van der Waals surface area (Å²) in [5.41, 5.74) is 0. The van der Waals surface area contributed by atoms with Gasteiger partial charge in [0.25, 0.3) is 0 Å². The number of hydrogen-bond acceptors (Lipinski definition) is 2. The van der Waals surface area contributed by atoms with Gasteiger partial charge in [0, 0.05) is 19.1 Å². The molecule has 80 valence electrons. The van der Waals surface area contributed by atoms with Gasteiger partial charge < -0.3 is 10.4 Å². The lowest BCUT2D eigenvalue weighted by atomic mass is 10.0. The van der Waals surface area contributed by atoms with E-state index in [1.807, 2.05) is 6.92 Å². The summed E-state index contributed by atoms with van der Waals surface area (Å²) in [5, 5.41) is 11.5. The number of aliphatic hydroxyl groups is 1. The van der Waals surface area contributed by atoms with E-state index in [0.29, 0.717) is 18.8 Å². The first kappa shape index (κ1) is 11.2. The maximum Gasteiger partial charge on any atom is 0.220 e. The van der Waals surface area contributed by atoms with Crippen LogP contribution in [0.1, 0.15) is 32.6 Å². The van der Waals surface area contributed by atoms with Gasteiger partial charge in [-0.15, -0.1) is 0 Å². The molecule has 0 spiro atoms. The van der Waals surface area contributed by atoms with Crippen LogP contribution in [0.3, 0.4) is 0 Å². The Kier molecular flexibility index (Phi) is 4.66. The van der Waals surface area contributed by atoms with E-state index in [0.717, 1.165) is 12.8 Å². The number of aliphatic hydroxyl groups excluding tert-OH is 1. The van der Waals surface area contributed by atoms with Crippen molar-refractivity contribution in [3.63, 3.8) is 0 Å². The fourth-order valence-corrected chi connectivity index (χ4v) is 1.70. The van der Waals surface area contributed by atoms with E-state index >= 15 is 0 Å². The molecule has 0 saturated heterocycles. The van der Waals surface area contributed by atoms with Crippen molar-refractivity contribution in [3.8, 4) is 0 Å². The van der Waals surface area contributed by atoms with E-state index in [-0.39, 0.29) is 18.6 Å². The highest BCUT2D eigenvalue weighted by Gasteiger charge is 2.14. The summed E-state index contributed by atoms with van der Waals surface area (Å²) in [5.74, 6) is 0.527. The summed E-state index contributed by atoms with van der Waals surface area (Å²) in [7, 11) is 0. The van der Waals surface area contributed by atoms with Crippen LogP contribution < -0.4 is 5.32 Å². The molecule has 0 aromatic carbocycles. The summed E-state index contributed by atoms with van der Waals surface area (Å²) in [4.78, 5) is 11.5. The minimum atomic E-state index is 0.0814. The fourth-order valence-electron chi connectivity index (χ4n) is 1.70.